The quantitative estimate of drug-likeness (QED) is 0.712. The summed E-state index contributed by atoms with van der Waals surface area (Å²) in [7, 11) is 0. The van der Waals surface area contributed by atoms with E-state index in [4.69, 9.17) is 0 Å². The van der Waals surface area contributed by atoms with Crippen LogP contribution in [0.1, 0.15) is 5.56 Å². The zero-order chi connectivity index (χ0) is 15.5. The lowest BCUT2D eigenvalue weighted by molar-refractivity contribution is 0.627. The van der Waals surface area contributed by atoms with Crippen LogP contribution < -0.4 is 5.56 Å². The molecule has 0 saturated carbocycles. The second-order valence-electron chi connectivity index (χ2n) is 4.85. The predicted octanol–water partition coefficient (Wildman–Crippen LogP) is 3.86. The van der Waals surface area contributed by atoms with Crippen molar-refractivity contribution in [2.45, 2.75) is 6.54 Å². The van der Waals surface area contributed by atoms with Gasteiger partial charge in [0.2, 0.25) is 0 Å². The SMILES string of the molecule is O=c1ccc(-c2ccc(F)cc2)nn1Cc1cccc(Br)c1. The maximum absolute atomic E-state index is 13.0. The van der Waals surface area contributed by atoms with Crippen LogP contribution in [0.15, 0.2) is 69.9 Å². The average molecular weight is 359 g/mol. The number of hydrogen-bond acceptors (Lipinski definition) is 2. The predicted molar refractivity (Wildman–Crippen MR) is 87.1 cm³/mol. The lowest BCUT2D eigenvalue weighted by atomic mass is 10.1. The van der Waals surface area contributed by atoms with Gasteiger partial charge in [0.05, 0.1) is 12.2 Å². The van der Waals surface area contributed by atoms with Gasteiger partial charge in [-0.25, -0.2) is 9.07 Å². The minimum atomic E-state index is -0.300. The van der Waals surface area contributed by atoms with Gasteiger partial charge < -0.3 is 0 Å². The van der Waals surface area contributed by atoms with Crippen LogP contribution in [0.25, 0.3) is 11.3 Å². The molecule has 22 heavy (non-hydrogen) atoms. The van der Waals surface area contributed by atoms with Gasteiger partial charge in [-0.3, -0.25) is 4.79 Å². The van der Waals surface area contributed by atoms with E-state index in [1.165, 1.54) is 22.9 Å². The summed E-state index contributed by atoms with van der Waals surface area (Å²) in [6.07, 6.45) is 0. The molecule has 0 unspecified atom stereocenters. The van der Waals surface area contributed by atoms with Crippen molar-refractivity contribution in [1.82, 2.24) is 9.78 Å². The summed E-state index contributed by atoms with van der Waals surface area (Å²) < 4.78 is 15.3. The molecule has 0 saturated heterocycles. The highest BCUT2D eigenvalue weighted by molar-refractivity contribution is 9.10. The van der Waals surface area contributed by atoms with Crippen LogP contribution in [0, 0.1) is 5.82 Å². The van der Waals surface area contributed by atoms with Crippen molar-refractivity contribution >= 4 is 15.9 Å². The molecule has 0 bridgehead atoms. The first kappa shape index (κ1) is 14.7. The Kier molecular flexibility index (Phi) is 4.15. The molecule has 0 fully saturated rings. The monoisotopic (exact) mass is 358 g/mol. The van der Waals surface area contributed by atoms with E-state index in [0.717, 1.165) is 15.6 Å². The van der Waals surface area contributed by atoms with Crippen LogP contribution in [-0.4, -0.2) is 9.78 Å². The minimum Gasteiger partial charge on any atom is -0.268 e. The van der Waals surface area contributed by atoms with E-state index >= 15 is 0 Å². The standard InChI is InChI=1S/C17H12BrFN2O/c18-14-3-1-2-12(10-14)11-21-17(22)9-8-16(20-21)13-4-6-15(19)7-5-13/h1-10H,11H2. The Balaban J connectivity index is 1.96. The van der Waals surface area contributed by atoms with Crippen LogP contribution in [-0.2, 0) is 6.54 Å². The van der Waals surface area contributed by atoms with Crippen LogP contribution in [0.3, 0.4) is 0 Å². The van der Waals surface area contributed by atoms with Crippen molar-refractivity contribution in [2.24, 2.45) is 0 Å². The lowest BCUT2D eigenvalue weighted by Gasteiger charge is -2.08. The molecule has 2 aromatic carbocycles. The van der Waals surface area contributed by atoms with Gasteiger partial charge in [-0.1, -0.05) is 28.1 Å². The molecule has 3 aromatic rings. The molecule has 0 aliphatic heterocycles. The molecule has 1 heterocycles. The Labute approximate surface area is 135 Å². The molecule has 0 atom stereocenters. The van der Waals surface area contributed by atoms with Crippen molar-refractivity contribution < 1.29 is 4.39 Å². The van der Waals surface area contributed by atoms with E-state index < -0.39 is 0 Å². The third-order valence-electron chi connectivity index (χ3n) is 3.23. The molecule has 110 valence electrons. The van der Waals surface area contributed by atoms with Gasteiger partial charge in [0.25, 0.3) is 5.56 Å². The molecule has 0 aliphatic rings. The number of benzene rings is 2. The summed E-state index contributed by atoms with van der Waals surface area (Å²) in [6.45, 7) is 0.382. The highest BCUT2D eigenvalue weighted by atomic mass is 79.9. The minimum absolute atomic E-state index is 0.175. The normalized spacial score (nSPS) is 10.6. The fourth-order valence-corrected chi connectivity index (χ4v) is 2.59. The van der Waals surface area contributed by atoms with E-state index in [9.17, 15) is 9.18 Å². The Hall–Kier alpha value is -2.27. The number of hydrogen-bond donors (Lipinski definition) is 0. The topological polar surface area (TPSA) is 34.9 Å². The Bertz CT molecular complexity index is 859. The van der Waals surface area contributed by atoms with E-state index in [-0.39, 0.29) is 11.4 Å². The molecule has 0 aliphatic carbocycles. The van der Waals surface area contributed by atoms with E-state index in [1.807, 2.05) is 24.3 Å². The Morgan fingerprint density at radius 3 is 2.55 bits per heavy atom. The molecule has 3 rings (SSSR count). The average Bonchev–Trinajstić information content (AvgIpc) is 2.50. The van der Waals surface area contributed by atoms with Crippen molar-refractivity contribution in [3.05, 3.63) is 86.9 Å². The lowest BCUT2D eigenvalue weighted by Crippen LogP contribution is -2.22. The van der Waals surface area contributed by atoms with Crippen molar-refractivity contribution in [3.63, 3.8) is 0 Å². The van der Waals surface area contributed by atoms with Gasteiger partial charge in [-0.2, -0.15) is 5.10 Å². The third kappa shape index (κ3) is 3.31. The maximum atomic E-state index is 13.0. The molecule has 3 nitrogen and oxygen atoms in total. The molecular formula is C17H12BrFN2O. The van der Waals surface area contributed by atoms with Gasteiger partial charge in [-0.15, -0.1) is 0 Å². The second kappa shape index (κ2) is 6.23. The molecule has 0 amide bonds. The fourth-order valence-electron chi connectivity index (χ4n) is 2.15. The molecule has 0 N–H and O–H groups in total. The van der Waals surface area contributed by atoms with E-state index in [1.54, 1.807) is 18.2 Å². The third-order valence-corrected chi connectivity index (χ3v) is 3.72. The molecular weight excluding hydrogens is 347 g/mol. The zero-order valence-corrected chi connectivity index (χ0v) is 13.1. The van der Waals surface area contributed by atoms with E-state index in [0.29, 0.717) is 12.2 Å². The summed E-state index contributed by atoms with van der Waals surface area (Å²) in [5, 5.41) is 4.36. The first-order chi connectivity index (χ1) is 10.6. The summed E-state index contributed by atoms with van der Waals surface area (Å²) in [6, 6.07) is 16.9. The van der Waals surface area contributed by atoms with E-state index in [2.05, 4.69) is 21.0 Å². The molecule has 1 aromatic heterocycles. The van der Waals surface area contributed by atoms with Crippen molar-refractivity contribution in [2.75, 3.05) is 0 Å². The Morgan fingerprint density at radius 2 is 1.82 bits per heavy atom. The summed E-state index contributed by atoms with van der Waals surface area (Å²) in [5.41, 5.74) is 2.20. The Morgan fingerprint density at radius 1 is 1.05 bits per heavy atom. The van der Waals surface area contributed by atoms with Gasteiger partial charge in [0.15, 0.2) is 0 Å². The van der Waals surface area contributed by atoms with Crippen LogP contribution in [0.4, 0.5) is 4.39 Å². The van der Waals surface area contributed by atoms with Crippen LogP contribution in [0.2, 0.25) is 0 Å². The van der Waals surface area contributed by atoms with Crippen LogP contribution >= 0.6 is 15.9 Å². The first-order valence-corrected chi connectivity index (χ1v) is 7.50. The number of halogens is 2. The highest BCUT2D eigenvalue weighted by Crippen LogP contribution is 2.16. The first-order valence-electron chi connectivity index (χ1n) is 6.70. The fraction of sp³-hybridized carbons (Fsp3) is 0.0588. The van der Waals surface area contributed by atoms with Gasteiger partial charge in [-0.05, 0) is 48.0 Å². The van der Waals surface area contributed by atoms with Crippen LogP contribution in [0.5, 0.6) is 0 Å². The number of aromatic nitrogens is 2. The second-order valence-corrected chi connectivity index (χ2v) is 5.77. The van der Waals surface area contributed by atoms with Crippen molar-refractivity contribution in [3.8, 4) is 11.3 Å². The largest absolute Gasteiger partial charge is 0.268 e. The van der Waals surface area contributed by atoms with Gasteiger partial charge in [0, 0.05) is 16.1 Å². The summed E-state index contributed by atoms with van der Waals surface area (Å²) >= 11 is 3.41. The molecule has 0 spiro atoms. The van der Waals surface area contributed by atoms with Gasteiger partial charge in [0.1, 0.15) is 5.82 Å². The highest BCUT2D eigenvalue weighted by Gasteiger charge is 2.05. The molecule has 0 radical (unpaired) electrons. The maximum Gasteiger partial charge on any atom is 0.267 e. The van der Waals surface area contributed by atoms with Crippen molar-refractivity contribution in [1.29, 1.82) is 0 Å². The van der Waals surface area contributed by atoms with Gasteiger partial charge >= 0.3 is 0 Å². The number of rotatable bonds is 3. The summed E-state index contributed by atoms with van der Waals surface area (Å²) in [4.78, 5) is 12.0. The zero-order valence-electron chi connectivity index (χ0n) is 11.5. The smallest absolute Gasteiger partial charge is 0.267 e. The summed E-state index contributed by atoms with van der Waals surface area (Å²) in [5.74, 6) is -0.300. The molecule has 5 heteroatoms. The number of nitrogens with zero attached hydrogens (tertiary/aromatic N) is 2.